The number of nitrogen functional groups attached to an aromatic ring is 1. The molecule has 4 heterocycles. The average Bonchev–Trinajstić information content (AvgIpc) is 3.20. The minimum absolute atomic E-state index is 0.00419. The van der Waals surface area contributed by atoms with Crippen LogP contribution in [0.1, 0.15) is 39.7 Å². The Morgan fingerprint density at radius 3 is 2.53 bits per heavy atom. The lowest BCUT2D eigenvalue weighted by atomic mass is 9.63. The zero-order valence-electron chi connectivity index (χ0n) is 17.8. The van der Waals surface area contributed by atoms with Crippen molar-refractivity contribution in [3.8, 4) is 11.3 Å². The summed E-state index contributed by atoms with van der Waals surface area (Å²) < 4.78 is 3.59. The molecule has 2 fully saturated rings. The van der Waals surface area contributed by atoms with Gasteiger partial charge in [-0.25, -0.2) is 0 Å². The maximum Gasteiger partial charge on any atom is 0.264 e. The first-order chi connectivity index (χ1) is 14.2. The second-order valence-electron chi connectivity index (χ2n) is 9.36. The Labute approximate surface area is 173 Å². The topological polar surface area (TPSA) is 115 Å². The molecule has 3 N–H and O–H groups in total. The van der Waals surface area contributed by atoms with Crippen LogP contribution in [0.2, 0.25) is 0 Å². The van der Waals surface area contributed by atoms with Gasteiger partial charge in [0.15, 0.2) is 5.82 Å². The largest absolute Gasteiger partial charge is 0.382 e. The van der Waals surface area contributed by atoms with E-state index >= 15 is 0 Å². The number of anilines is 2. The number of fused-ring (bicyclic) bond motifs is 1. The van der Waals surface area contributed by atoms with E-state index in [-0.39, 0.29) is 28.8 Å². The summed E-state index contributed by atoms with van der Waals surface area (Å²) in [6.45, 7) is 7.97. The third kappa shape index (κ3) is 2.60. The van der Waals surface area contributed by atoms with Crippen LogP contribution in [0.5, 0.6) is 0 Å². The van der Waals surface area contributed by atoms with Gasteiger partial charge in [0, 0.05) is 62.3 Å². The molecule has 30 heavy (non-hydrogen) atoms. The summed E-state index contributed by atoms with van der Waals surface area (Å²) in [5.74, 6) is 1.85. The lowest BCUT2D eigenvalue weighted by Crippen LogP contribution is -2.63. The maximum absolute atomic E-state index is 13.1. The van der Waals surface area contributed by atoms with Crippen molar-refractivity contribution in [2.45, 2.75) is 39.7 Å². The van der Waals surface area contributed by atoms with Crippen molar-refractivity contribution in [2.75, 3.05) is 23.7 Å². The number of hydrogen-bond donors (Lipinski definition) is 2. The summed E-state index contributed by atoms with van der Waals surface area (Å²) in [5.41, 5.74) is 8.23. The highest BCUT2D eigenvalue weighted by Gasteiger charge is 2.52. The number of rotatable bonds is 4. The first-order valence-corrected chi connectivity index (χ1v) is 10.4. The average molecular weight is 409 g/mol. The Kier molecular flexibility index (Phi) is 3.90. The molecule has 9 heteroatoms. The number of nitrogens with zero attached hydrogens (tertiary/aromatic N) is 5. The monoisotopic (exact) mass is 409 g/mol. The molecule has 2 aliphatic rings. The fourth-order valence-corrected chi connectivity index (χ4v) is 4.80. The maximum atomic E-state index is 13.1. The quantitative estimate of drug-likeness (QED) is 0.682. The number of pyridine rings is 1. The van der Waals surface area contributed by atoms with E-state index in [2.05, 4.69) is 28.9 Å². The molecule has 3 aromatic heterocycles. The molecular weight excluding hydrogens is 382 g/mol. The van der Waals surface area contributed by atoms with E-state index in [1.54, 1.807) is 4.57 Å². The zero-order chi connectivity index (χ0) is 21.4. The predicted molar refractivity (Wildman–Crippen MR) is 115 cm³/mol. The van der Waals surface area contributed by atoms with E-state index in [9.17, 15) is 9.59 Å². The van der Waals surface area contributed by atoms with Crippen LogP contribution in [-0.2, 0) is 11.8 Å². The molecule has 158 valence electrons. The van der Waals surface area contributed by atoms with Crippen LogP contribution < -0.4 is 16.2 Å². The number of aromatic amines is 1. The summed E-state index contributed by atoms with van der Waals surface area (Å²) in [5, 5.41) is 12.1. The van der Waals surface area contributed by atoms with E-state index in [0.717, 1.165) is 30.2 Å². The van der Waals surface area contributed by atoms with E-state index < -0.39 is 0 Å². The van der Waals surface area contributed by atoms with Gasteiger partial charge in [0.1, 0.15) is 17.0 Å². The van der Waals surface area contributed by atoms with Crippen molar-refractivity contribution in [2.24, 2.45) is 18.4 Å². The lowest BCUT2D eigenvalue weighted by molar-refractivity contribution is -0.134. The Morgan fingerprint density at radius 2 is 1.90 bits per heavy atom. The van der Waals surface area contributed by atoms with Gasteiger partial charge in [-0.05, 0) is 12.8 Å². The number of aromatic nitrogens is 5. The van der Waals surface area contributed by atoms with Crippen LogP contribution in [0, 0.1) is 11.3 Å². The van der Waals surface area contributed by atoms with Crippen LogP contribution in [0.4, 0.5) is 11.6 Å². The summed E-state index contributed by atoms with van der Waals surface area (Å²) in [7, 11) is 1.92. The highest BCUT2D eigenvalue weighted by molar-refractivity contribution is 5.97. The van der Waals surface area contributed by atoms with Gasteiger partial charge in [0.25, 0.3) is 5.56 Å². The molecule has 0 bridgehead atoms. The Hall–Kier alpha value is -3.10. The van der Waals surface area contributed by atoms with Gasteiger partial charge in [-0.1, -0.05) is 13.8 Å². The van der Waals surface area contributed by atoms with E-state index in [4.69, 9.17) is 10.8 Å². The van der Waals surface area contributed by atoms with E-state index in [0.29, 0.717) is 29.5 Å². The molecule has 1 saturated carbocycles. The molecule has 1 atom stereocenters. The number of H-pyrrole nitrogens is 1. The SMILES string of the molecule is CC(C)[C@H](C)n1cc(-c2cc(N3CC4(CC(=O)C4)C3)n(C)n2)c2[nH]nc(N)c2c1=O. The van der Waals surface area contributed by atoms with E-state index in [1.165, 1.54) is 0 Å². The van der Waals surface area contributed by atoms with Crippen molar-refractivity contribution < 1.29 is 4.79 Å². The molecule has 9 nitrogen and oxygen atoms in total. The number of carbonyl (C=O) groups excluding carboxylic acids is 1. The fourth-order valence-electron chi connectivity index (χ4n) is 4.80. The summed E-state index contributed by atoms with van der Waals surface area (Å²) in [4.78, 5) is 26.7. The van der Waals surface area contributed by atoms with Crippen LogP contribution in [-0.4, -0.2) is 43.4 Å². The standard InChI is InChI=1S/C21H27N7O2/c1-11(2)12(3)28-8-14(18-17(20(28)30)19(22)24-23-18)15-5-16(26(4)25-15)27-9-21(10-27)6-13(29)7-21/h5,8,11-12H,6-7,9-10H2,1-4H3,(H3,22,23,24)/t12-/m0/s1. The number of Topliss-reactive ketones (excluding diaryl/α,β-unsaturated/α-hetero) is 1. The molecule has 0 amide bonds. The van der Waals surface area contributed by atoms with Crippen LogP contribution >= 0.6 is 0 Å². The minimum Gasteiger partial charge on any atom is -0.382 e. The van der Waals surface area contributed by atoms with Gasteiger partial charge in [-0.2, -0.15) is 10.2 Å². The highest BCUT2D eigenvalue weighted by Crippen LogP contribution is 2.47. The van der Waals surface area contributed by atoms with Gasteiger partial charge >= 0.3 is 0 Å². The fraction of sp³-hybridized carbons (Fsp3) is 0.524. The Morgan fingerprint density at radius 1 is 1.20 bits per heavy atom. The zero-order valence-corrected chi connectivity index (χ0v) is 17.8. The first kappa shape index (κ1) is 18.9. The van der Waals surface area contributed by atoms with Crippen molar-refractivity contribution in [3.05, 3.63) is 22.6 Å². The predicted octanol–water partition coefficient (Wildman–Crippen LogP) is 2.09. The molecule has 3 aromatic rings. The number of nitrogens with two attached hydrogens (primary N) is 1. The van der Waals surface area contributed by atoms with Gasteiger partial charge in [0.2, 0.25) is 0 Å². The first-order valence-electron chi connectivity index (χ1n) is 10.4. The Balaban J connectivity index is 1.58. The van der Waals surface area contributed by atoms with Crippen LogP contribution in [0.25, 0.3) is 22.2 Å². The van der Waals surface area contributed by atoms with Crippen LogP contribution in [0.3, 0.4) is 0 Å². The van der Waals surface area contributed by atoms with Gasteiger partial charge in [-0.3, -0.25) is 19.4 Å². The Bertz CT molecular complexity index is 1220. The lowest BCUT2D eigenvalue weighted by Gasteiger charge is -2.55. The van der Waals surface area contributed by atoms with Gasteiger partial charge in [-0.15, -0.1) is 0 Å². The molecule has 0 aromatic carbocycles. The number of aryl methyl sites for hydroxylation is 1. The third-order valence-corrected chi connectivity index (χ3v) is 6.84. The summed E-state index contributed by atoms with van der Waals surface area (Å²) >= 11 is 0. The van der Waals surface area contributed by atoms with Gasteiger partial charge < -0.3 is 15.2 Å². The number of nitrogens with one attached hydrogen (secondary N) is 1. The molecule has 1 spiro atoms. The third-order valence-electron chi connectivity index (χ3n) is 6.84. The van der Waals surface area contributed by atoms with Crippen molar-refractivity contribution in [3.63, 3.8) is 0 Å². The van der Waals surface area contributed by atoms with Crippen molar-refractivity contribution >= 4 is 28.3 Å². The molecule has 1 saturated heterocycles. The molecule has 1 aliphatic heterocycles. The summed E-state index contributed by atoms with van der Waals surface area (Å²) in [6.07, 6.45) is 3.25. The molecule has 0 unspecified atom stereocenters. The highest BCUT2D eigenvalue weighted by atomic mass is 16.1. The summed E-state index contributed by atoms with van der Waals surface area (Å²) in [6, 6.07) is 2.04. The normalized spacial score (nSPS) is 18.8. The smallest absolute Gasteiger partial charge is 0.264 e. The number of carbonyl (C=O) groups is 1. The van der Waals surface area contributed by atoms with Crippen LogP contribution in [0.15, 0.2) is 17.1 Å². The molecule has 1 aliphatic carbocycles. The van der Waals surface area contributed by atoms with E-state index in [1.807, 2.05) is 30.9 Å². The number of ketones is 1. The second-order valence-corrected chi connectivity index (χ2v) is 9.36. The van der Waals surface area contributed by atoms with Gasteiger partial charge in [0.05, 0.1) is 11.2 Å². The minimum atomic E-state index is -0.142. The molecular formula is C21H27N7O2. The van der Waals surface area contributed by atoms with Crippen molar-refractivity contribution in [1.29, 1.82) is 0 Å². The second kappa shape index (κ2) is 6.20. The molecule has 5 rings (SSSR count). The number of hydrogen-bond acceptors (Lipinski definition) is 6. The molecule has 0 radical (unpaired) electrons. The van der Waals surface area contributed by atoms with Crippen molar-refractivity contribution in [1.82, 2.24) is 24.5 Å².